The van der Waals surface area contributed by atoms with Crippen LogP contribution in [0.4, 0.5) is 0 Å². The molecule has 128 valence electrons. The predicted octanol–water partition coefficient (Wildman–Crippen LogP) is 2.61. The highest BCUT2D eigenvalue weighted by Crippen LogP contribution is 2.37. The number of carbonyl (C=O) groups is 1. The Labute approximate surface area is 147 Å². The standard InChI is InChI=1S/C20H19NO3S/c22-19-12-11-17-20(25(23,24)16-9-5-2-6-10-16)13-18(19)21(17)14-15-7-3-1-4-8-15/h1-12,17-18,20H,13-14H2. The molecule has 3 atom stereocenters. The summed E-state index contributed by atoms with van der Waals surface area (Å²) >= 11 is 0. The number of rotatable bonds is 4. The van der Waals surface area contributed by atoms with Crippen LogP contribution in [-0.2, 0) is 21.2 Å². The van der Waals surface area contributed by atoms with Crippen molar-refractivity contribution < 1.29 is 13.2 Å². The molecule has 1 saturated heterocycles. The van der Waals surface area contributed by atoms with E-state index in [4.69, 9.17) is 0 Å². The van der Waals surface area contributed by atoms with Gasteiger partial charge in [-0.1, -0.05) is 54.6 Å². The minimum atomic E-state index is -3.49. The van der Waals surface area contributed by atoms with E-state index in [2.05, 4.69) is 0 Å². The van der Waals surface area contributed by atoms with Crippen molar-refractivity contribution >= 4 is 15.6 Å². The molecular weight excluding hydrogens is 334 g/mol. The summed E-state index contributed by atoms with van der Waals surface area (Å²) in [7, 11) is -3.49. The van der Waals surface area contributed by atoms with Crippen molar-refractivity contribution in [2.24, 2.45) is 0 Å². The van der Waals surface area contributed by atoms with Gasteiger partial charge in [-0.05, 0) is 30.2 Å². The lowest BCUT2D eigenvalue weighted by atomic mass is 10.1. The highest BCUT2D eigenvalue weighted by Gasteiger charge is 2.50. The van der Waals surface area contributed by atoms with E-state index < -0.39 is 15.1 Å². The fraction of sp³-hybridized carbons (Fsp3) is 0.250. The van der Waals surface area contributed by atoms with Crippen molar-refractivity contribution in [1.82, 2.24) is 4.90 Å². The summed E-state index contributed by atoms with van der Waals surface area (Å²) in [6, 6.07) is 17.8. The topological polar surface area (TPSA) is 54.5 Å². The van der Waals surface area contributed by atoms with Crippen LogP contribution in [0.1, 0.15) is 12.0 Å². The number of fused-ring (bicyclic) bond motifs is 2. The molecule has 4 nitrogen and oxygen atoms in total. The van der Waals surface area contributed by atoms with E-state index in [1.165, 1.54) is 0 Å². The zero-order chi connectivity index (χ0) is 17.4. The van der Waals surface area contributed by atoms with Gasteiger partial charge in [-0.25, -0.2) is 8.42 Å². The van der Waals surface area contributed by atoms with E-state index >= 15 is 0 Å². The van der Waals surface area contributed by atoms with Crippen LogP contribution in [0.2, 0.25) is 0 Å². The molecule has 3 unspecified atom stereocenters. The van der Waals surface area contributed by atoms with E-state index in [-0.39, 0.29) is 17.9 Å². The minimum absolute atomic E-state index is 0.00190. The van der Waals surface area contributed by atoms with Crippen LogP contribution in [0.15, 0.2) is 77.7 Å². The maximum atomic E-state index is 13.1. The summed E-state index contributed by atoms with van der Waals surface area (Å²) in [6.07, 6.45) is 3.66. The van der Waals surface area contributed by atoms with E-state index in [1.807, 2.05) is 35.2 Å². The molecule has 25 heavy (non-hydrogen) atoms. The van der Waals surface area contributed by atoms with Gasteiger partial charge in [0.15, 0.2) is 15.6 Å². The first kappa shape index (κ1) is 16.2. The summed E-state index contributed by atoms with van der Waals surface area (Å²) < 4.78 is 26.2. The highest BCUT2D eigenvalue weighted by molar-refractivity contribution is 7.92. The average molecular weight is 353 g/mol. The molecule has 2 bridgehead atoms. The Morgan fingerprint density at radius 2 is 1.60 bits per heavy atom. The Bertz CT molecular complexity index is 906. The predicted molar refractivity (Wildman–Crippen MR) is 95.7 cm³/mol. The molecule has 0 spiro atoms. The van der Waals surface area contributed by atoms with Crippen LogP contribution in [0.5, 0.6) is 0 Å². The van der Waals surface area contributed by atoms with Gasteiger partial charge in [0.2, 0.25) is 0 Å². The van der Waals surface area contributed by atoms with Gasteiger partial charge in [0.25, 0.3) is 0 Å². The molecule has 1 fully saturated rings. The fourth-order valence-corrected chi connectivity index (χ4v) is 5.78. The SMILES string of the molecule is O=C1C=CC2C(S(=O)(=O)c3ccccc3)CC1N2Cc1ccccc1. The molecular formula is C20H19NO3S. The van der Waals surface area contributed by atoms with E-state index in [0.29, 0.717) is 17.9 Å². The molecule has 4 rings (SSSR count). The number of sulfone groups is 1. The molecule has 0 saturated carbocycles. The van der Waals surface area contributed by atoms with Gasteiger partial charge in [-0.2, -0.15) is 0 Å². The smallest absolute Gasteiger partial charge is 0.183 e. The number of carbonyl (C=O) groups excluding carboxylic acids is 1. The lowest BCUT2D eigenvalue weighted by molar-refractivity contribution is -0.119. The molecule has 0 aromatic heterocycles. The van der Waals surface area contributed by atoms with Crippen molar-refractivity contribution in [2.45, 2.75) is 35.2 Å². The van der Waals surface area contributed by atoms with E-state index in [9.17, 15) is 13.2 Å². The quantitative estimate of drug-likeness (QED) is 0.848. The van der Waals surface area contributed by atoms with Crippen LogP contribution in [0.25, 0.3) is 0 Å². The minimum Gasteiger partial charge on any atom is -0.293 e. The maximum Gasteiger partial charge on any atom is 0.183 e. The maximum absolute atomic E-state index is 13.1. The summed E-state index contributed by atoms with van der Waals surface area (Å²) in [5, 5.41) is -0.591. The highest BCUT2D eigenvalue weighted by atomic mass is 32.2. The molecule has 5 heteroatoms. The van der Waals surface area contributed by atoms with Crippen molar-refractivity contribution in [3.05, 3.63) is 78.4 Å². The Morgan fingerprint density at radius 1 is 0.960 bits per heavy atom. The second kappa shape index (κ2) is 6.24. The normalized spacial score (nSPS) is 26.1. The Morgan fingerprint density at radius 3 is 2.28 bits per heavy atom. The third-order valence-corrected chi connectivity index (χ3v) is 7.28. The average Bonchev–Trinajstić information content (AvgIpc) is 2.90. The van der Waals surface area contributed by atoms with E-state index in [0.717, 1.165) is 5.56 Å². The first-order valence-electron chi connectivity index (χ1n) is 8.38. The van der Waals surface area contributed by atoms with Crippen molar-refractivity contribution in [3.8, 4) is 0 Å². The molecule has 2 aromatic carbocycles. The van der Waals surface area contributed by atoms with Gasteiger partial charge in [0, 0.05) is 12.6 Å². The van der Waals surface area contributed by atoms with Crippen LogP contribution in [0.3, 0.4) is 0 Å². The monoisotopic (exact) mass is 353 g/mol. The van der Waals surface area contributed by atoms with Crippen molar-refractivity contribution in [2.75, 3.05) is 0 Å². The zero-order valence-electron chi connectivity index (χ0n) is 13.7. The number of nitrogens with zero attached hydrogens (tertiary/aromatic N) is 1. The van der Waals surface area contributed by atoms with Crippen molar-refractivity contribution in [1.29, 1.82) is 0 Å². The van der Waals surface area contributed by atoms with Crippen LogP contribution in [0, 0.1) is 0 Å². The lowest BCUT2D eigenvalue weighted by Gasteiger charge is -2.31. The third kappa shape index (κ3) is 2.83. The Hall–Kier alpha value is -2.24. The number of benzene rings is 2. The first-order valence-corrected chi connectivity index (χ1v) is 9.92. The Balaban J connectivity index is 1.68. The molecule has 0 N–H and O–H groups in total. The van der Waals surface area contributed by atoms with Gasteiger partial charge in [-0.15, -0.1) is 0 Å². The van der Waals surface area contributed by atoms with Gasteiger partial charge >= 0.3 is 0 Å². The van der Waals surface area contributed by atoms with Crippen molar-refractivity contribution in [3.63, 3.8) is 0 Å². The summed E-state index contributed by atoms with van der Waals surface area (Å²) in [4.78, 5) is 14.7. The fourth-order valence-electron chi connectivity index (χ4n) is 3.84. The summed E-state index contributed by atoms with van der Waals surface area (Å²) in [5.74, 6) is -0.00190. The van der Waals surface area contributed by atoms with Crippen LogP contribution < -0.4 is 0 Å². The van der Waals surface area contributed by atoms with Gasteiger partial charge in [-0.3, -0.25) is 9.69 Å². The summed E-state index contributed by atoms with van der Waals surface area (Å²) in [5.41, 5.74) is 1.08. The summed E-state index contributed by atoms with van der Waals surface area (Å²) in [6.45, 7) is 0.576. The number of hydrogen-bond donors (Lipinski definition) is 0. The second-order valence-electron chi connectivity index (χ2n) is 6.56. The molecule has 0 amide bonds. The van der Waals surface area contributed by atoms with E-state index in [1.54, 1.807) is 42.5 Å². The Kier molecular flexibility index (Phi) is 4.06. The largest absolute Gasteiger partial charge is 0.293 e. The molecule has 0 aliphatic carbocycles. The lowest BCUT2D eigenvalue weighted by Crippen LogP contribution is -2.44. The molecule has 2 aromatic rings. The number of ketones is 1. The van der Waals surface area contributed by atoms with Gasteiger partial charge in [0.1, 0.15) is 0 Å². The molecule has 2 aliphatic rings. The second-order valence-corrected chi connectivity index (χ2v) is 8.72. The molecule has 2 aliphatic heterocycles. The van der Waals surface area contributed by atoms with Gasteiger partial charge in [0.05, 0.1) is 16.2 Å². The number of hydrogen-bond acceptors (Lipinski definition) is 4. The molecule has 2 heterocycles. The van der Waals surface area contributed by atoms with Gasteiger partial charge < -0.3 is 0 Å². The molecule has 0 radical (unpaired) electrons. The van der Waals surface area contributed by atoms with Crippen LogP contribution in [-0.4, -0.2) is 36.4 Å². The zero-order valence-corrected chi connectivity index (χ0v) is 14.5. The first-order chi connectivity index (χ1) is 12.1. The van der Waals surface area contributed by atoms with Crippen LogP contribution >= 0.6 is 0 Å². The third-order valence-electron chi connectivity index (χ3n) is 5.08.